The minimum Gasteiger partial charge on any atom is -0.351 e. The Balaban J connectivity index is 1.72. The number of nitrogens with zero attached hydrogens (tertiary/aromatic N) is 3. The van der Waals surface area contributed by atoms with Gasteiger partial charge in [-0.1, -0.05) is 48.4 Å². The van der Waals surface area contributed by atoms with Crippen molar-refractivity contribution in [2.75, 3.05) is 19.3 Å². The highest BCUT2D eigenvalue weighted by molar-refractivity contribution is 8.13. The number of aliphatic imine (C=N–C) groups is 1. The van der Waals surface area contributed by atoms with Crippen molar-refractivity contribution in [2.24, 2.45) is 4.99 Å². The third-order valence-corrected chi connectivity index (χ3v) is 5.24. The van der Waals surface area contributed by atoms with Crippen molar-refractivity contribution >= 4 is 22.8 Å². The minimum absolute atomic E-state index is 0.150. The van der Waals surface area contributed by atoms with Crippen LogP contribution < -0.4 is 10.6 Å². The summed E-state index contributed by atoms with van der Waals surface area (Å²) >= 11 is 1.53. The van der Waals surface area contributed by atoms with E-state index in [1.165, 1.54) is 11.8 Å². The van der Waals surface area contributed by atoms with E-state index < -0.39 is 0 Å². The average molecular weight is 444 g/mol. The van der Waals surface area contributed by atoms with E-state index in [2.05, 4.69) is 39.1 Å². The zero-order valence-electron chi connectivity index (χ0n) is 18.1. The Kier molecular flexibility index (Phi) is 8.29. The summed E-state index contributed by atoms with van der Waals surface area (Å²) in [5, 5.41) is 11.1. The highest BCUT2D eigenvalue weighted by Crippen LogP contribution is 2.16. The van der Waals surface area contributed by atoms with Gasteiger partial charge < -0.3 is 10.6 Å². The zero-order chi connectivity index (χ0) is 22.8. The topological polar surface area (TPSA) is 71.3 Å². The molecule has 0 aliphatic heterocycles. The van der Waals surface area contributed by atoms with E-state index in [1.54, 1.807) is 30.1 Å². The van der Waals surface area contributed by atoms with Gasteiger partial charge in [-0.05, 0) is 43.3 Å². The van der Waals surface area contributed by atoms with Crippen molar-refractivity contribution in [3.63, 3.8) is 0 Å². The fraction of sp³-hybridized carbons (Fsp3) is 0.160. The molecule has 0 fully saturated rings. The smallest absolute Gasteiger partial charge is 0.251 e. The normalized spacial score (nSPS) is 10.8. The predicted molar refractivity (Wildman–Crippen MR) is 132 cm³/mol. The first kappa shape index (κ1) is 22.9. The molecule has 1 heterocycles. The van der Waals surface area contributed by atoms with Crippen LogP contribution in [0.2, 0.25) is 0 Å². The van der Waals surface area contributed by atoms with E-state index in [0.29, 0.717) is 17.9 Å². The number of carbonyl (C=O) groups is 1. The van der Waals surface area contributed by atoms with Crippen molar-refractivity contribution in [1.82, 2.24) is 20.4 Å². The Morgan fingerprint density at radius 1 is 1.19 bits per heavy atom. The van der Waals surface area contributed by atoms with E-state index in [4.69, 9.17) is 0 Å². The van der Waals surface area contributed by atoms with E-state index in [-0.39, 0.29) is 5.91 Å². The van der Waals surface area contributed by atoms with E-state index in [0.717, 1.165) is 27.7 Å². The molecular formula is C25H25N5OS. The molecule has 0 unspecified atom stereocenters. The predicted octanol–water partition coefficient (Wildman–Crippen LogP) is 3.84. The molecule has 3 rings (SSSR count). The van der Waals surface area contributed by atoms with Gasteiger partial charge in [0, 0.05) is 48.6 Å². The van der Waals surface area contributed by atoms with Gasteiger partial charge in [0.25, 0.3) is 5.91 Å². The number of benzene rings is 2. The van der Waals surface area contributed by atoms with Crippen molar-refractivity contribution < 1.29 is 4.79 Å². The number of thioether (sulfide) groups is 1. The Morgan fingerprint density at radius 2 is 2.00 bits per heavy atom. The number of allylic oxidation sites excluding steroid dienone is 1. The monoisotopic (exact) mass is 443 g/mol. The van der Waals surface area contributed by atoms with Crippen molar-refractivity contribution in [2.45, 2.75) is 6.92 Å². The first-order chi connectivity index (χ1) is 15.6. The molecule has 0 spiro atoms. The summed E-state index contributed by atoms with van der Waals surface area (Å²) in [5.41, 5.74) is 3.82. The average Bonchev–Trinajstić information content (AvgIpc) is 3.34. The van der Waals surface area contributed by atoms with Crippen LogP contribution in [0.3, 0.4) is 0 Å². The van der Waals surface area contributed by atoms with Crippen LogP contribution in [0.5, 0.6) is 0 Å². The van der Waals surface area contributed by atoms with Gasteiger partial charge >= 0.3 is 0 Å². The maximum Gasteiger partial charge on any atom is 0.251 e. The summed E-state index contributed by atoms with van der Waals surface area (Å²) < 4.78 is 1.74. The van der Waals surface area contributed by atoms with Crippen LogP contribution in [-0.4, -0.2) is 40.2 Å². The van der Waals surface area contributed by atoms with Crippen LogP contribution in [-0.2, 0) is 0 Å². The van der Waals surface area contributed by atoms with Gasteiger partial charge in [-0.2, -0.15) is 5.10 Å². The van der Waals surface area contributed by atoms with Crippen molar-refractivity contribution in [3.05, 3.63) is 96.0 Å². The molecule has 0 aliphatic rings. The SMILES string of the molecule is C=C(C)NC(=NC)SCCNC(=O)c1ccc(-n2cccn2)c(C#Cc2ccccc2)c1. The molecular weight excluding hydrogens is 418 g/mol. The third kappa shape index (κ3) is 6.62. The quantitative estimate of drug-likeness (QED) is 0.263. The summed E-state index contributed by atoms with van der Waals surface area (Å²) in [6.07, 6.45) is 3.56. The molecule has 0 saturated heterocycles. The highest BCUT2D eigenvalue weighted by Gasteiger charge is 2.10. The molecule has 0 radical (unpaired) electrons. The second kappa shape index (κ2) is 11.6. The second-order valence-electron chi connectivity index (χ2n) is 6.84. The number of amidine groups is 1. The molecule has 0 atom stereocenters. The molecule has 32 heavy (non-hydrogen) atoms. The summed E-state index contributed by atoms with van der Waals surface area (Å²) in [6, 6.07) is 17.0. The van der Waals surface area contributed by atoms with Gasteiger partial charge in [-0.25, -0.2) is 4.68 Å². The molecule has 0 aliphatic carbocycles. The van der Waals surface area contributed by atoms with E-state index >= 15 is 0 Å². The number of nitrogens with one attached hydrogen (secondary N) is 2. The van der Waals surface area contributed by atoms with Crippen LogP contribution >= 0.6 is 11.8 Å². The summed E-state index contributed by atoms with van der Waals surface area (Å²) in [5.74, 6) is 6.89. The first-order valence-corrected chi connectivity index (χ1v) is 11.1. The number of carbonyl (C=O) groups excluding carboxylic acids is 1. The zero-order valence-corrected chi connectivity index (χ0v) is 18.9. The minimum atomic E-state index is -0.150. The molecule has 3 aromatic rings. The molecule has 6 nitrogen and oxygen atoms in total. The fourth-order valence-corrected chi connectivity index (χ4v) is 3.58. The maximum atomic E-state index is 12.7. The van der Waals surface area contributed by atoms with Crippen LogP contribution in [0.4, 0.5) is 0 Å². The standard InChI is InChI=1S/C25H25N5OS/c1-19(2)29-25(26-3)32-17-15-27-24(31)22-12-13-23(30-16-7-14-28-30)21(18-22)11-10-20-8-5-4-6-9-20/h4-9,12-14,16,18H,1,15,17H2,2-3H3,(H,26,29)(H,27,31). The number of hydrogen-bond donors (Lipinski definition) is 2. The third-order valence-electron chi connectivity index (χ3n) is 4.28. The number of amides is 1. The molecule has 7 heteroatoms. The summed E-state index contributed by atoms with van der Waals surface area (Å²) in [7, 11) is 1.72. The Bertz CT molecular complexity index is 1160. The number of rotatable bonds is 6. The van der Waals surface area contributed by atoms with Gasteiger partial charge in [-0.3, -0.25) is 9.79 Å². The fourth-order valence-electron chi connectivity index (χ4n) is 2.80. The lowest BCUT2D eigenvalue weighted by Gasteiger charge is -2.10. The van der Waals surface area contributed by atoms with Crippen LogP contribution in [0.15, 0.2) is 84.3 Å². The van der Waals surface area contributed by atoms with Crippen molar-refractivity contribution in [1.29, 1.82) is 0 Å². The molecule has 2 N–H and O–H groups in total. The lowest BCUT2D eigenvalue weighted by atomic mass is 10.1. The Morgan fingerprint density at radius 3 is 2.69 bits per heavy atom. The van der Waals surface area contributed by atoms with Crippen LogP contribution in [0.1, 0.15) is 28.4 Å². The van der Waals surface area contributed by atoms with E-state index in [1.807, 2.05) is 55.6 Å². The maximum absolute atomic E-state index is 12.7. The second-order valence-corrected chi connectivity index (χ2v) is 7.92. The molecule has 2 aromatic carbocycles. The van der Waals surface area contributed by atoms with Crippen LogP contribution in [0.25, 0.3) is 5.69 Å². The number of hydrogen-bond acceptors (Lipinski definition) is 4. The van der Waals surface area contributed by atoms with E-state index in [9.17, 15) is 4.79 Å². The van der Waals surface area contributed by atoms with Crippen molar-refractivity contribution in [3.8, 4) is 17.5 Å². The van der Waals surface area contributed by atoms with Gasteiger partial charge in [0.1, 0.15) is 0 Å². The van der Waals surface area contributed by atoms with Gasteiger partial charge in [-0.15, -0.1) is 0 Å². The molecule has 1 aromatic heterocycles. The molecule has 162 valence electrons. The van der Waals surface area contributed by atoms with Crippen LogP contribution in [0, 0.1) is 11.8 Å². The largest absolute Gasteiger partial charge is 0.351 e. The lowest BCUT2D eigenvalue weighted by Crippen LogP contribution is -2.27. The summed E-state index contributed by atoms with van der Waals surface area (Å²) in [4.78, 5) is 16.9. The molecule has 1 amide bonds. The Hall–Kier alpha value is -3.76. The van der Waals surface area contributed by atoms with Gasteiger partial charge in [0.2, 0.25) is 0 Å². The molecule has 0 saturated carbocycles. The molecule has 0 bridgehead atoms. The number of aromatic nitrogens is 2. The Labute approximate surface area is 192 Å². The summed E-state index contributed by atoms with van der Waals surface area (Å²) in [6.45, 7) is 6.19. The van der Waals surface area contributed by atoms with Gasteiger partial charge in [0.15, 0.2) is 5.17 Å². The lowest BCUT2D eigenvalue weighted by molar-refractivity contribution is 0.0956. The van der Waals surface area contributed by atoms with Gasteiger partial charge in [0.05, 0.1) is 11.3 Å². The highest BCUT2D eigenvalue weighted by atomic mass is 32.2. The first-order valence-electron chi connectivity index (χ1n) is 10.1.